The van der Waals surface area contributed by atoms with Crippen LogP contribution in [-0.2, 0) is 10.2 Å². The van der Waals surface area contributed by atoms with Gasteiger partial charge in [0.05, 0.1) is 23.7 Å². The van der Waals surface area contributed by atoms with Gasteiger partial charge in [-0.15, -0.1) is 0 Å². The van der Waals surface area contributed by atoms with Crippen LogP contribution in [-0.4, -0.2) is 25.8 Å². The molecule has 0 saturated carbocycles. The normalized spacial score (nSPS) is 18.9. The fourth-order valence-corrected chi connectivity index (χ4v) is 2.41. The van der Waals surface area contributed by atoms with Crippen LogP contribution in [0.15, 0.2) is 18.2 Å². The maximum absolute atomic E-state index is 13.2. The summed E-state index contributed by atoms with van der Waals surface area (Å²) in [5.41, 5.74) is 0.750. The lowest BCUT2D eigenvalue weighted by atomic mass is 9.65. The Hall–Kier alpha value is -0.640. The van der Waals surface area contributed by atoms with E-state index in [1.807, 2.05) is 7.05 Å². The van der Waals surface area contributed by atoms with Crippen molar-refractivity contribution in [1.29, 1.82) is 0 Å². The van der Waals surface area contributed by atoms with Gasteiger partial charge in [0, 0.05) is 5.54 Å². The Labute approximate surface area is 106 Å². The molecule has 1 heterocycles. The molecule has 0 radical (unpaired) electrons. The zero-order chi connectivity index (χ0) is 12.7. The summed E-state index contributed by atoms with van der Waals surface area (Å²) < 4.78 is 18.6. The van der Waals surface area contributed by atoms with Crippen molar-refractivity contribution in [2.75, 3.05) is 20.3 Å². The Morgan fingerprint density at radius 1 is 1.41 bits per heavy atom. The molecule has 0 bridgehead atoms. The van der Waals surface area contributed by atoms with Crippen LogP contribution < -0.4 is 5.32 Å². The Morgan fingerprint density at radius 3 is 2.47 bits per heavy atom. The molecule has 0 spiro atoms. The highest BCUT2D eigenvalue weighted by molar-refractivity contribution is 6.30. The van der Waals surface area contributed by atoms with E-state index in [1.54, 1.807) is 12.1 Å². The standard InChI is InChI=1S/C13H17ClFNO/c1-12(2,16-3)13(7-17-8-13)9-4-5-11(15)10(14)6-9/h4-6,16H,7-8H2,1-3H3. The second-order valence-electron chi connectivity index (χ2n) is 5.08. The van der Waals surface area contributed by atoms with Crippen molar-refractivity contribution >= 4 is 11.6 Å². The van der Waals surface area contributed by atoms with E-state index in [1.165, 1.54) is 6.07 Å². The smallest absolute Gasteiger partial charge is 0.141 e. The van der Waals surface area contributed by atoms with Gasteiger partial charge in [0.25, 0.3) is 0 Å². The highest BCUT2D eigenvalue weighted by atomic mass is 35.5. The minimum absolute atomic E-state index is 0.133. The molecule has 1 N–H and O–H groups in total. The van der Waals surface area contributed by atoms with Gasteiger partial charge in [-0.05, 0) is 38.6 Å². The van der Waals surface area contributed by atoms with Crippen LogP contribution in [0.3, 0.4) is 0 Å². The van der Waals surface area contributed by atoms with Crippen molar-refractivity contribution < 1.29 is 9.13 Å². The number of hydrogen-bond acceptors (Lipinski definition) is 2. The molecular weight excluding hydrogens is 241 g/mol. The summed E-state index contributed by atoms with van der Waals surface area (Å²) in [5, 5.41) is 3.47. The van der Waals surface area contributed by atoms with Gasteiger partial charge in [-0.2, -0.15) is 0 Å². The van der Waals surface area contributed by atoms with E-state index >= 15 is 0 Å². The molecule has 17 heavy (non-hydrogen) atoms. The summed E-state index contributed by atoms with van der Waals surface area (Å²) in [7, 11) is 1.92. The molecule has 0 aliphatic carbocycles. The van der Waals surface area contributed by atoms with Crippen LogP contribution in [0.1, 0.15) is 19.4 Å². The largest absolute Gasteiger partial charge is 0.379 e. The predicted molar refractivity (Wildman–Crippen MR) is 67.0 cm³/mol. The minimum Gasteiger partial charge on any atom is -0.379 e. The quantitative estimate of drug-likeness (QED) is 0.899. The third kappa shape index (κ3) is 1.86. The molecule has 1 aliphatic heterocycles. The summed E-state index contributed by atoms with van der Waals surface area (Å²) in [6.45, 7) is 5.49. The highest BCUT2D eigenvalue weighted by Gasteiger charge is 2.51. The minimum atomic E-state index is -0.381. The first-order valence-corrected chi connectivity index (χ1v) is 6.03. The Kier molecular flexibility index (Phi) is 3.19. The van der Waals surface area contributed by atoms with Crippen molar-refractivity contribution in [1.82, 2.24) is 5.32 Å². The van der Waals surface area contributed by atoms with E-state index < -0.39 is 0 Å². The van der Waals surface area contributed by atoms with Gasteiger partial charge in [0.15, 0.2) is 0 Å². The van der Waals surface area contributed by atoms with E-state index in [0.717, 1.165) is 5.56 Å². The van der Waals surface area contributed by atoms with Crippen molar-refractivity contribution in [2.45, 2.75) is 24.8 Å². The third-order valence-corrected chi connectivity index (χ3v) is 4.28. The first-order chi connectivity index (χ1) is 7.93. The summed E-state index contributed by atoms with van der Waals surface area (Å²) in [5.74, 6) is -0.381. The number of hydrogen-bond donors (Lipinski definition) is 1. The molecule has 2 rings (SSSR count). The van der Waals surface area contributed by atoms with Crippen molar-refractivity contribution in [3.05, 3.63) is 34.6 Å². The molecule has 0 amide bonds. The van der Waals surface area contributed by atoms with Gasteiger partial charge < -0.3 is 10.1 Å². The van der Waals surface area contributed by atoms with E-state index in [-0.39, 0.29) is 21.8 Å². The number of ether oxygens (including phenoxy) is 1. The van der Waals surface area contributed by atoms with Gasteiger partial charge in [-0.1, -0.05) is 17.7 Å². The predicted octanol–water partition coefficient (Wildman–Crippen LogP) is 2.75. The monoisotopic (exact) mass is 257 g/mol. The van der Waals surface area contributed by atoms with Crippen molar-refractivity contribution in [3.8, 4) is 0 Å². The lowest BCUT2D eigenvalue weighted by Crippen LogP contribution is -2.65. The van der Waals surface area contributed by atoms with E-state index in [9.17, 15) is 4.39 Å². The second kappa shape index (κ2) is 4.23. The molecule has 1 saturated heterocycles. The topological polar surface area (TPSA) is 21.3 Å². The molecule has 2 nitrogen and oxygen atoms in total. The summed E-state index contributed by atoms with van der Waals surface area (Å²) in [6, 6.07) is 4.92. The molecule has 0 unspecified atom stereocenters. The Balaban J connectivity index is 2.45. The van der Waals surface area contributed by atoms with Gasteiger partial charge in [-0.3, -0.25) is 0 Å². The molecule has 1 fully saturated rings. The summed E-state index contributed by atoms with van der Waals surface area (Å²) in [6.07, 6.45) is 0. The maximum atomic E-state index is 13.2. The van der Waals surface area contributed by atoms with Gasteiger partial charge in [0.2, 0.25) is 0 Å². The highest BCUT2D eigenvalue weighted by Crippen LogP contribution is 2.42. The van der Waals surface area contributed by atoms with Crippen LogP contribution in [0, 0.1) is 5.82 Å². The summed E-state index contributed by atoms with van der Waals surface area (Å²) in [4.78, 5) is 0. The molecular formula is C13H17ClFNO. The lowest BCUT2D eigenvalue weighted by Gasteiger charge is -2.52. The van der Waals surface area contributed by atoms with E-state index in [0.29, 0.717) is 13.2 Å². The molecule has 0 atom stereocenters. The molecule has 4 heteroatoms. The van der Waals surface area contributed by atoms with E-state index in [2.05, 4.69) is 19.2 Å². The molecule has 94 valence electrons. The number of nitrogens with one attached hydrogen (secondary N) is 1. The Morgan fingerprint density at radius 2 is 2.06 bits per heavy atom. The van der Waals surface area contributed by atoms with Crippen LogP contribution in [0.4, 0.5) is 4.39 Å². The molecule has 0 aromatic heterocycles. The second-order valence-corrected chi connectivity index (χ2v) is 5.49. The third-order valence-electron chi connectivity index (χ3n) is 3.99. The average Bonchev–Trinajstić information content (AvgIpc) is 2.21. The first kappa shape index (κ1) is 12.8. The molecule has 1 aliphatic rings. The fraction of sp³-hybridized carbons (Fsp3) is 0.538. The zero-order valence-electron chi connectivity index (χ0n) is 10.3. The summed E-state index contributed by atoms with van der Waals surface area (Å²) >= 11 is 5.86. The first-order valence-electron chi connectivity index (χ1n) is 5.65. The Bertz CT molecular complexity index is 429. The number of halogens is 2. The fourth-order valence-electron chi connectivity index (χ4n) is 2.23. The molecule has 1 aromatic carbocycles. The van der Waals surface area contributed by atoms with Crippen molar-refractivity contribution in [3.63, 3.8) is 0 Å². The molecule has 1 aromatic rings. The zero-order valence-corrected chi connectivity index (χ0v) is 11.1. The number of rotatable bonds is 3. The van der Waals surface area contributed by atoms with Gasteiger partial charge in [-0.25, -0.2) is 4.39 Å². The number of benzene rings is 1. The SMILES string of the molecule is CNC(C)(C)C1(c2ccc(F)c(Cl)c2)COC1. The van der Waals surface area contributed by atoms with Crippen molar-refractivity contribution in [2.24, 2.45) is 0 Å². The van der Waals surface area contributed by atoms with Crippen LogP contribution in [0.2, 0.25) is 5.02 Å². The maximum Gasteiger partial charge on any atom is 0.141 e. The van der Waals surface area contributed by atoms with E-state index in [4.69, 9.17) is 16.3 Å². The lowest BCUT2D eigenvalue weighted by molar-refractivity contribution is -0.0991. The van der Waals surface area contributed by atoms with Gasteiger partial charge >= 0.3 is 0 Å². The van der Waals surface area contributed by atoms with Crippen LogP contribution in [0.25, 0.3) is 0 Å². The van der Waals surface area contributed by atoms with Crippen LogP contribution in [0.5, 0.6) is 0 Å². The van der Waals surface area contributed by atoms with Crippen LogP contribution >= 0.6 is 11.6 Å². The number of likely N-dealkylation sites (N-methyl/N-ethyl adjacent to an activating group) is 1. The van der Waals surface area contributed by atoms with Gasteiger partial charge in [0.1, 0.15) is 5.82 Å². The average molecular weight is 258 g/mol.